The monoisotopic (exact) mass is 159 g/mol. The van der Waals surface area contributed by atoms with Gasteiger partial charge in [-0.3, -0.25) is 0 Å². The first kappa shape index (κ1) is 6.65. The second-order valence-corrected chi connectivity index (χ2v) is 2.49. The van der Waals surface area contributed by atoms with Crippen molar-refractivity contribution < 1.29 is 5.11 Å². The maximum Gasteiger partial charge on any atom is 0.135 e. The number of benzene rings is 1. The molecule has 0 aromatic heterocycles. The number of hydrogen-bond acceptors (Lipinski definition) is 1. The van der Waals surface area contributed by atoms with E-state index in [1.54, 1.807) is 12.1 Å². The molecule has 0 aliphatic heterocycles. The highest BCUT2D eigenvalue weighted by atomic mass is 35.5. The minimum absolute atomic E-state index is 0.0671. The molecule has 3 heteroatoms. The Bertz CT molecular complexity index is 224. The molecular formula is C6H4ClOS. The Labute approximate surface area is 63.7 Å². The molecule has 1 aromatic rings. The molecule has 0 atom stereocenters. The molecule has 0 aliphatic rings. The molecule has 1 aromatic carbocycles. The smallest absolute Gasteiger partial charge is 0.135 e. The molecule has 1 nitrogen and oxygen atoms in total. The second kappa shape index (κ2) is 2.42. The van der Waals surface area contributed by atoms with E-state index < -0.39 is 0 Å². The summed E-state index contributed by atoms with van der Waals surface area (Å²) in [5, 5.41) is 9.41. The van der Waals surface area contributed by atoms with Crippen LogP contribution in [-0.4, -0.2) is 5.11 Å². The topological polar surface area (TPSA) is 20.2 Å². The van der Waals surface area contributed by atoms with Crippen molar-refractivity contribution >= 4 is 24.2 Å². The molecule has 0 unspecified atom stereocenters. The van der Waals surface area contributed by atoms with Gasteiger partial charge in [-0.1, -0.05) is 24.2 Å². The Morgan fingerprint density at radius 2 is 2.11 bits per heavy atom. The van der Waals surface area contributed by atoms with Crippen molar-refractivity contribution in [1.29, 1.82) is 0 Å². The van der Waals surface area contributed by atoms with Gasteiger partial charge in [0.1, 0.15) is 5.75 Å². The van der Waals surface area contributed by atoms with E-state index in [4.69, 9.17) is 29.3 Å². The Kier molecular flexibility index (Phi) is 1.78. The van der Waals surface area contributed by atoms with Crippen LogP contribution in [0.15, 0.2) is 23.1 Å². The van der Waals surface area contributed by atoms with Gasteiger partial charge in [-0.05, 0) is 18.2 Å². The quantitative estimate of drug-likeness (QED) is 0.617. The van der Waals surface area contributed by atoms with Crippen molar-refractivity contribution in [3.8, 4) is 5.75 Å². The highest BCUT2D eigenvalue weighted by molar-refractivity contribution is 7.80. The molecule has 0 saturated carbocycles. The molecule has 1 N–H and O–H groups in total. The third kappa shape index (κ3) is 1.47. The van der Waals surface area contributed by atoms with Gasteiger partial charge in [0.2, 0.25) is 0 Å². The van der Waals surface area contributed by atoms with Crippen LogP contribution in [0.2, 0.25) is 5.02 Å². The van der Waals surface area contributed by atoms with Crippen LogP contribution >= 0.6 is 24.2 Å². The van der Waals surface area contributed by atoms with Crippen LogP contribution in [0, 0.1) is 0 Å². The highest BCUT2D eigenvalue weighted by Crippen LogP contribution is 2.23. The summed E-state index contributed by atoms with van der Waals surface area (Å²) in [6.45, 7) is 0. The maximum atomic E-state index is 8.91. The molecular weight excluding hydrogens is 156 g/mol. The lowest BCUT2D eigenvalue weighted by atomic mass is 10.3. The van der Waals surface area contributed by atoms with Gasteiger partial charge in [-0.25, -0.2) is 0 Å². The van der Waals surface area contributed by atoms with Crippen LogP contribution < -0.4 is 0 Å². The third-order valence-electron chi connectivity index (χ3n) is 0.921. The summed E-state index contributed by atoms with van der Waals surface area (Å²) in [6, 6.07) is 4.65. The molecule has 0 spiro atoms. The summed E-state index contributed by atoms with van der Waals surface area (Å²) >= 11 is 10.2. The molecule has 0 aliphatic carbocycles. The number of phenolic OH excluding ortho intramolecular Hbond substituents is 1. The molecule has 0 amide bonds. The van der Waals surface area contributed by atoms with Crippen LogP contribution in [0.3, 0.4) is 0 Å². The zero-order valence-electron chi connectivity index (χ0n) is 4.47. The van der Waals surface area contributed by atoms with Gasteiger partial charge >= 0.3 is 0 Å². The van der Waals surface area contributed by atoms with Crippen LogP contribution in [0.4, 0.5) is 0 Å². The molecule has 0 saturated heterocycles. The first-order valence-electron chi connectivity index (χ1n) is 2.35. The third-order valence-corrected chi connectivity index (χ3v) is 1.50. The number of phenols is 1. The highest BCUT2D eigenvalue weighted by Gasteiger charge is 1.95. The van der Waals surface area contributed by atoms with Crippen molar-refractivity contribution in [3.63, 3.8) is 0 Å². The summed E-state index contributed by atoms with van der Waals surface area (Å²) in [5.41, 5.74) is 0. The molecule has 9 heavy (non-hydrogen) atoms. The molecule has 1 radical (unpaired) electrons. The first-order chi connectivity index (χ1) is 4.20. The minimum atomic E-state index is 0.0671. The van der Waals surface area contributed by atoms with Gasteiger partial charge < -0.3 is 5.11 Å². The van der Waals surface area contributed by atoms with Crippen molar-refractivity contribution in [2.45, 2.75) is 4.90 Å². The molecule has 0 fully saturated rings. The van der Waals surface area contributed by atoms with E-state index in [-0.39, 0.29) is 5.75 Å². The predicted octanol–water partition coefficient (Wildman–Crippen LogP) is 2.60. The van der Waals surface area contributed by atoms with Gasteiger partial charge in [-0.2, -0.15) is 0 Å². The summed E-state index contributed by atoms with van der Waals surface area (Å²) in [7, 11) is 0. The van der Waals surface area contributed by atoms with Crippen LogP contribution in [-0.2, 0) is 0 Å². The first-order valence-corrected chi connectivity index (χ1v) is 3.14. The molecule has 0 bridgehead atoms. The van der Waals surface area contributed by atoms with E-state index >= 15 is 0 Å². The molecule has 0 heterocycles. The maximum absolute atomic E-state index is 8.91. The van der Waals surface area contributed by atoms with Gasteiger partial charge in [-0.15, -0.1) is 0 Å². The minimum Gasteiger partial charge on any atom is -0.506 e. The number of halogens is 1. The zero-order chi connectivity index (χ0) is 6.85. The van der Waals surface area contributed by atoms with Crippen LogP contribution in [0.5, 0.6) is 5.75 Å². The lowest BCUT2D eigenvalue weighted by Crippen LogP contribution is -1.67. The van der Waals surface area contributed by atoms with Crippen molar-refractivity contribution in [2.24, 2.45) is 0 Å². The van der Waals surface area contributed by atoms with Crippen molar-refractivity contribution in [2.75, 3.05) is 0 Å². The van der Waals surface area contributed by atoms with E-state index in [1.165, 1.54) is 6.07 Å². The Morgan fingerprint density at radius 1 is 1.44 bits per heavy atom. The second-order valence-electron chi connectivity index (χ2n) is 1.61. The zero-order valence-corrected chi connectivity index (χ0v) is 6.04. The fourth-order valence-corrected chi connectivity index (χ4v) is 0.784. The van der Waals surface area contributed by atoms with Gasteiger partial charge in [0, 0.05) is 5.02 Å². The SMILES string of the molecule is Oc1cc(Cl)ccc1[S]. The number of rotatable bonds is 0. The van der Waals surface area contributed by atoms with Gasteiger partial charge in [0.25, 0.3) is 0 Å². The lowest BCUT2D eigenvalue weighted by molar-refractivity contribution is 0.463. The number of aromatic hydroxyl groups is 1. The van der Waals surface area contributed by atoms with E-state index in [0.717, 1.165) is 0 Å². The largest absolute Gasteiger partial charge is 0.506 e. The fraction of sp³-hybridized carbons (Fsp3) is 0. The van der Waals surface area contributed by atoms with E-state index in [0.29, 0.717) is 9.92 Å². The van der Waals surface area contributed by atoms with Gasteiger partial charge in [0.05, 0.1) is 4.90 Å². The molecule has 1 rings (SSSR count). The van der Waals surface area contributed by atoms with Crippen LogP contribution in [0.25, 0.3) is 0 Å². The Balaban J connectivity index is 3.17. The molecule has 47 valence electrons. The Hall–Kier alpha value is -0.470. The average molecular weight is 160 g/mol. The van der Waals surface area contributed by atoms with Crippen molar-refractivity contribution in [1.82, 2.24) is 0 Å². The summed E-state index contributed by atoms with van der Waals surface area (Å²) in [6.07, 6.45) is 0. The Morgan fingerprint density at radius 3 is 2.56 bits per heavy atom. The van der Waals surface area contributed by atoms with Gasteiger partial charge in [0.15, 0.2) is 0 Å². The summed E-state index contributed by atoms with van der Waals surface area (Å²) < 4.78 is 0. The summed E-state index contributed by atoms with van der Waals surface area (Å²) in [4.78, 5) is 0.430. The normalized spacial score (nSPS) is 9.44. The van der Waals surface area contributed by atoms with E-state index in [1.807, 2.05) is 0 Å². The fourth-order valence-electron chi connectivity index (χ4n) is 0.491. The van der Waals surface area contributed by atoms with Crippen molar-refractivity contribution in [3.05, 3.63) is 23.2 Å². The number of hydrogen-bond donors (Lipinski definition) is 1. The van der Waals surface area contributed by atoms with E-state index in [2.05, 4.69) is 0 Å². The average Bonchev–Trinajstić information content (AvgIpc) is 1.80. The standard InChI is InChI=1S/C6H4ClOS/c7-4-1-2-6(9)5(8)3-4/h1-3,8H. The lowest BCUT2D eigenvalue weighted by Gasteiger charge is -1.93. The summed E-state index contributed by atoms with van der Waals surface area (Å²) in [5.74, 6) is 0.0671. The van der Waals surface area contributed by atoms with E-state index in [9.17, 15) is 0 Å². The van der Waals surface area contributed by atoms with Crippen LogP contribution in [0.1, 0.15) is 0 Å². The predicted molar refractivity (Wildman–Crippen MR) is 39.0 cm³/mol.